The third-order valence-corrected chi connectivity index (χ3v) is 14.0. The van der Waals surface area contributed by atoms with E-state index in [1.807, 2.05) is 61.6 Å². The number of carbonyl (C=O) groups is 3. The maximum atomic E-state index is 14.3. The number of aliphatic hydroxyl groups is 9. The number of amides is 2. The number of carbonyl (C=O) groups excluding carboxylic acids is 3. The van der Waals surface area contributed by atoms with E-state index in [9.17, 15) is 60.3 Å². The van der Waals surface area contributed by atoms with E-state index in [2.05, 4.69) is 16.0 Å². The number of cyclic esters (lactones) is 1. The predicted molar refractivity (Wildman–Crippen MR) is 275 cm³/mol. The fourth-order valence-electron chi connectivity index (χ4n) is 9.61. The maximum absolute atomic E-state index is 14.3. The van der Waals surface area contributed by atoms with Crippen molar-refractivity contribution in [2.75, 3.05) is 39.8 Å². The second-order valence-corrected chi connectivity index (χ2v) is 20.2. The minimum atomic E-state index is -2.23. The van der Waals surface area contributed by atoms with Crippen LogP contribution in [-0.2, 0) is 33.3 Å². The molecule has 18 atom stereocenters. The van der Waals surface area contributed by atoms with Gasteiger partial charge in [-0.05, 0) is 40.2 Å². The van der Waals surface area contributed by atoms with E-state index in [1.165, 1.54) is 0 Å². The van der Waals surface area contributed by atoms with Crippen LogP contribution in [0, 0.1) is 17.8 Å². The Bertz CT molecular complexity index is 1920. The Hall–Kier alpha value is -3.97. The zero-order valence-corrected chi connectivity index (χ0v) is 43.6. The quantitative estimate of drug-likeness (QED) is 0.161. The molecule has 12 N–H and O–H groups in total. The van der Waals surface area contributed by atoms with Crippen molar-refractivity contribution in [2.45, 2.75) is 177 Å². The molecular weight excluding hydrogens is 961 g/mol. The summed E-state index contributed by atoms with van der Waals surface area (Å²) in [5, 5.41) is 109. The molecule has 20 heteroatoms. The molecule has 3 fully saturated rings. The molecular formula is C54H86N4O16. The fourth-order valence-corrected chi connectivity index (χ4v) is 9.61. The number of hydrogen-bond donors (Lipinski definition) is 12. The van der Waals surface area contributed by atoms with Crippen LogP contribution in [0.4, 0.5) is 0 Å². The molecule has 4 heterocycles. The van der Waals surface area contributed by atoms with Crippen molar-refractivity contribution >= 4 is 17.8 Å². The van der Waals surface area contributed by atoms with E-state index in [1.54, 1.807) is 63.1 Å². The molecule has 2 bridgehead atoms. The largest absolute Gasteiger partial charge is 0.462 e. The van der Waals surface area contributed by atoms with Gasteiger partial charge in [0.1, 0.15) is 12.2 Å². The van der Waals surface area contributed by atoms with Crippen LogP contribution in [0.1, 0.15) is 85.5 Å². The van der Waals surface area contributed by atoms with Gasteiger partial charge in [-0.3, -0.25) is 14.4 Å². The molecule has 4 aliphatic rings. The molecule has 0 aromatic carbocycles. The molecule has 0 aliphatic carbocycles. The summed E-state index contributed by atoms with van der Waals surface area (Å²) in [5.41, 5.74) is 0. The zero-order chi connectivity index (χ0) is 54.4. The van der Waals surface area contributed by atoms with Gasteiger partial charge in [0.25, 0.3) is 0 Å². The summed E-state index contributed by atoms with van der Waals surface area (Å²) in [5.74, 6) is -5.60. The van der Waals surface area contributed by atoms with E-state index >= 15 is 0 Å². The topological polar surface area (TPSA) is 310 Å². The number of ether oxygens (including phenoxy) is 4. The van der Waals surface area contributed by atoms with Gasteiger partial charge in [0.15, 0.2) is 12.1 Å². The second kappa shape index (κ2) is 31.9. The number of fused-ring (bicyclic) bond motifs is 2. The monoisotopic (exact) mass is 1050 g/mol. The van der Waals surface area contributed by atoms with Crippen molar-refractivity contribution in [2.24, 2.45) is 17.8 Å². The van der Waals surface area contributed by atoms with Crippen LogP contribution in [0.3, 0.4) is 0 Å². The first-order chi connectivity index (χ1) is 35.2. The minimum Gasteiger partial charge on any atom is -0.462 e. The van der Waals surface area contributed by atoms with Gasteiger partial charge >= 0.3 is 5.97 Å². The molecule has 0 aromatic rings. The lowest BCUT2D eigenvalue weighted by Crippen LogP contribution is -2.60. The van der Waals surface area contributed by atoms with E-state index in [-0.39, 0.29) is 50.5 Å². The van der Waals surface area contributed by atoms with Crippen LogP contribution in [-0.4, -0.2) is 200 Å². The Labute approximate surface area is 436 Å². The van der Waals surface area contributed by atoms with Crippen LogP contribution in [0.15, 0.2) is 85.1 Å². The molecule has 4 aliphatic heterocycles. The zero-order valence-electron chi connectivity index (χ0n) is 43.6. The lowest BCUT2D eigenvalue weighted by Gasteiger charge is -2.47. The van der Waals surface area contributed by atoms with Crippen LogP contribution >= 0.6 is 0 Å². The number of nitrogens with one attached hydrogen (secondary N) is 3. The summed E-state index contributed by atoms with van der Waals surface area (Å²) < 4.78 is 24.5. The Morgan fingerprint density at radius 3 is 1.95 bits per heavy atom. The summed E-state index contributed by atoms with van der Waals surface area (Å²) in [4.78, 5) is 41.2. The molecule has 0 saturated carbocycles. The first kappa shape index (κ1) is 62.6. The number of rotatable bonds is 6. The van der Waals surface area contributed by atoms with Gasteiger partial charge in [-0.1, -0.05) is 98.9 Å². The molecule has 74 heavy (non-hydrogen) atoms. The molecule has 0 radical (unpaired) electrons. The molecule has 1 unspecified atom stereocenters. The van der Waals surface area contributed by atoms with E-state index in [0.29, 0.717) is 26.2 Å². The third kappa shape index (κ3) is 21.2. The number of allylic oxidation sites excluding steroid dienone is 12. The van der Waals surface area contributed by atoms with Crippen molar-refractivity contribution in [3.63, 3.8) is 0 Å². The maximum Gasteiger partial charge on any atom is 0.308 e. The lowest BCUT2D eigenvalue weighted by molar-refractivity contribution is -0.303. The van der Waals surface area contributed by atoms with Gasteiger partial charge in [-0.25, -0.2) is 0 Å². The number of hydrogen-bond acceptors (Lipinski definition) is 18. The highest BCUT2D eigenvalue weighted by Crippen LogP contribution is 2.39. The third-order valence-electron chi connectivity index (χ3n) is 14.0. The SMILES string of the molecule is CNCC(=O)N[C@@H]1C[C@@H](O[C@H]2/C=C/C=C/C=C/C=C/C=C/C=C/C=C/[C@H](C)[C@@H](O)[C@@H](C)[C@H](C)OC(=O)C[C@H](O)C[C@H](O)CC[C@@H](O)[C@H](O)C[C@H](O)CC3(O)C[C@H](O)[C@@H](C(=O)N4CCNCC4)[C@H](C2)O3)O[C@@H](C)[C@H]1O. The van der Waals surface area contributed by atoms with Gasteiger partial charge in [0.05, 0.1) is 86.0 Å². The average Bonchev–Trinajstić information content (AvgIpc) is 3.33. The average molecular weight is 1050 g/mol. The fraction of sp³-hybridized carbons (Fsp3) is 0.685. The summed E-state index contributed by atoms with van der Waals surface area (Å²) in [6, 6.07) is -0.735. The van der Waals surface area contributed by atoms with Crippen LogP contribution in [0.5, 0.6) is 0 Å². The lowest BCUT2D eigenvalue weighted by atomic mass is 9.81. The highest BCUT2D eigenvalue weighted by Gasteiger charge is 2.51. The van der Waals surface area contributed by atoms with Crippen molar-refractivity contribution < 1.29 is 79.3 Å². The van der Waals surface area contributed by atoms with Crippen molar-refractivity contribution in [1.82, 2.24) is 20.9 Å². The van der Waals surface area contributed by atoms with E-state index in [0.717, 1.165) is 0 Å². The Morgan fingerprint density at radius 2 is 1.32 bits per heavy atom. The van der Waals surface area contributed by atoms with Gasteiger partial charge in [0.2, 0.25) is 11.8 Å². The molecule has 20 nitrogen and oxygen atoms in total. The number of esters is 1. The Morgan fingerprint density at radius 1 is 0.716 bits per heavy atom. The summed E-state index contributed by atoms with van der Waals surface area (Å²) in [6.45, 7) is 8.70. The van der Waals surface area contributed by atoms with Gasteiger partial charge < -0.3 is 85.8 Å². The molecule has 2 amide bonds. The van der Waals surface area contributed by atoms with Crippen molar-refractivity contribution in [1.29, 1.82) is 0 Å². The van der Waals surface area contributed by atoms with Gasteiger partial charge in [-0.2, -0.15) is 0 Å². The van der Waals surface area contributed by atoms with E-state index in [4.69, 9.17) is 18.9 Å². The first-order valence-corrected chi connectivity index (χ1v) is 26.2. The highest BCUT2D eigenvalue weighted by atomic mass is 16.7. The normalized spacial score (nSPS) is 41.6. The minimum absolute atomic E-state index is 0.0157. The molecule has 418 valence electrons. The van der Waals surface area contributed by atoms with Crippen LogP contribution < -0.4 is 16.0 Å². The molecule has 4 rings (SSSR count). The van der Waals surface area contributed by atoms with Gasteiger partial charge in [0, 0.05) is 70.1 Å². The Kier molecular flexibility index (Phi) is 27.0. The summed E-state index contributed by atoms with van der Waals surface area (Å²) in [6.07, 6.45) is 7.91. The summed E-state index contributed by atoms with van der Waals surface area (Å²) >= 11 is 0. The molecule has 0 aromatic heterocycles. The molecule has 0 spiro atoms. The van der Waals surface area contributed by atoms with Gasteiger partial charge in [-0.15, -0.1) is 0 Å². The summed E-state index contributed by atoms with van der Waals surface area (Å²) in [7, 11) is 1.62. The van der Waals surface area contributed by atoms with Crippen LogP contribution in [0.2, 0.25) is 0 Å². The van der Waals surface area contributed by atoms with Crippen molar-refractivity contribution in [3.05, 3.63) is 85.1 Å². The van der Waals surface area contributed by atoms with Crippen molar-refractivity contribution in [3.8, 4) is 0 Å². The van der Waals surface area contributed by atoms with E-state index < -0.39 is 141 Å². The van der Waals surface area contributed by atoms with Crippen LogP contribution in [0.25, 0.3) is 0 Å². The Balaban J connectivity index is 1.62. The number of piperazine rings is 1. The standard InChI is InChI=1S/C54H86N4O16/c1-34-18-16-14-12-10-8-6-7-9-11-13-15-17-19-41(73-49-30-42(52(68)37(4)72-49)57-47(65)33-55-5)29-46-50(53(69)58-24-22-56-23-25-58)45(64)32-54(70,74-46)31-40(61)27-44(63)43(62)21-20-38(59)26-39(60)28-48(66)71-36(3)35(2)51(34)67/h6-19,34-46,49-52,55-56,59-64,67-68,70H,20-33H2,1-5H3,(H,57,65)/b7-6+,10-8+,11-9+,14-12+,15-13+,18-16+,19-17+/t34-,35-,36-,37-,38+,39+,40-,41-,42+,43+,44+,45-,46-,49+,50+,51+,52+,54?/m0/s1. The number of likely N-dealkylation sites (N-methyl/N-ethyl adjacent to an activating group) is 1. The smallest absolute Gasteiger partial charge is 0.308 e. The number of aliphatic hydroxyl groups excluding tert-OH is 8. The predicted octanol–water partition coefficient (Wildman–Crippen LogP) is 0.465. The second-order valence-electron chi connectivity index (χ2n) is 20.2. The number of nitrogens with zero attached hydrogens (tertiary/aromatic N) is 1. The first-order valence-electron chi connectivity index (χ1n) is 26.2. The highest BCUT2D eigenvalue weighted by molar-refractivity contribution is 5.80. The molecule has 3 saturated heterocycles.